The third-order valence-corrected chi connectivity index (χ3v) is 3.09. The van der Waals surface area contributed by atoms with Crippen LogP contribution in [-0.2, 0) is 0 Å². The summed E-state index contributed by atoms with van der Waals surface area (Å²) in [5.74, 6) is -0.249. The van der Waals surface area contributed by atoms with Crippen molar-refractivity contribution in [2.45, 2.75) is 6.43 Å². The molecule has 0 atom stereocenters. The van der Waals surface area contributed by atoms with Crippen molar-refractivity contribution in [3.05, 3.63) is 23.2 Å². The molecule has 1 aliphatic heterocycles. The Hall–Kier alpha value is -1.34. The minimum Gasteiger partial charge on any atom is -0.335 e. The topological polar surface area (TPSA) is 49.3 Å². The van der Waals surface area contributed by atoms with Gasteiger partial charge in [0.2, 0.25) is 0 Å². The van der Waals surface area contributed by atoms with Gasteiger partial charge in [-0.05, 0) is 0 Å². The van der Waals surface area contributed by atoms with E-state index in [-0.39, 0.29) is 23.3 Å². The van der Waals surface area contributed by atoms with Gasteiger partial charge in [-0.15, -0.1) is 0 Å². The van der Waals surface area contributed by atoms with Crippen molar-refractivity contribution in [2.75, 3.05) is 32.7 Å². The van der Waals surface area contributed by atoms with Crippen LogP contribution in [0, 0.1) is 0 Å². The molecule has 19 heavy (non-hydrogen) atoms. The fourth-order valence-electron chi connectivity index (χ4n) is 1.91. The highest BCUT2D eigenvalue weighted by Crippen LogP contribution is 2.09. The molecule has 0 aliphatic carbocycles. The van der Waals surface area contributed by atoms with Crippen LogP contribution in [-0.4, -0.2) is 64.8 Å². The second-order valence-electron chi connectivity index (χ2n) is 4.21. The fraction of sp³-hybridized carbons (Fsp3) is 0.545. The lowest BCUT2D eigenvalue weighted by molar-refractivity contribution is 0.0455. The van der Waals surface area contributed by atoms with Crippen molar-refractivity contribution in [2.24, 2.45) is 0 Å². The van der Waals surface area contributed by atoms with Crippen molar-refractivity contribution in [1.82, 2.24) is 19.8 Å². The van der Waals surface area contributed by atoms with Crippen LogP contribution >= 0.6 is 11.6 Å². The number of amides is 1. The Bertz CT molecular complexity index is 435. The summed E-state index contributed by atoms with van der Waals surface area (Å²) in [5.41, 5.74) is 0.215. The average molecular weight is 291 g/mol. The molecule has 0 bridgehead atoms. The van der Waals surface area contributed by atoms with Gasteiger partial charge < -0.3 is 4.90 Å². The number of halogens is 3. The van der Waals surface area contributed by atoms with Crippen molar-refractivity contribution < 1.29 is 13.6 Å². The maximum absolute atomic E-state index is 12.2. The summed E-state index contributed by atoms with van der Waals surface area (Å²) in [6.45, 7) is 1.46. The number of piperazine rings is 1. The molecule has 1 aliphatic rings. The predicted octanol–water partition coefficient (Wildman–Crippen LogP) is 1.15. The number of rotatable bonds is 3. The largest absolute Gasteiger partial charge is 0.335 e. The number of carbonyl (C=O) groups is 1. The molecule has 104 valence electrons. The molecule has 2 rings (SSSR count). The van der Waals surface area contributed by atoms with E-state index in [1.165, 1.54) is 12.4 Å². The number of hydrogen-bond donors (Lipinski definition) is 0. The minimum absolute atomic E-state index is 0.215. The second-order valence-corrected chi connectivity index (χ2v) is 4.60. The first-order chi connectivity index (χ1) is 9.06. The van der Waals surface area contributed by atoms with E-state index in [4.69, 9.17) is 11.6 Å². The summed E-state index contributed by atoms with van der Waals surface area (Å²) in [6.07, 6.45) is 0.280. The van der Waals surface area contributed by atoms with Gasteiger partial charge in [0.05, 0.1) is 18.9 Å². The molecule has 1 aromatic rings. The van der Waals surface area contributed by atoms with E-state index in [9.17, 15) is 13.6 Å². The van der Waals surface area contributed by atoms with E-state index < -0.39 is 6.43 Å². The molecular formula is C11H13ClF2N4O. The summed E-state index contributed by atoms with van der Waals surface area (Å²) in [6, 6.07) is 0. The first-order valence-electron chi connectivity index (χ1n) is 5.83. The fourth-order valence-corrected chi connectivity index (χ4v) is 2.01. The maximum Gasteiger partial charge on any atom is 0.274 e. The van der Waals surface area contributed by atoms with Crippen LogP contribution in [0.1, 0.15) is 10.5 Å². The smallest absolute Gasteiger partial charge is 0.274 e. The van der Waals surface area contributed by atoms with Crippen molar-refractivity contribution in [3.8, 4) is 0 Å². The number of aromatic nitrogens is 2. The van der Waals surface area contributed by atoms with E-state index >= 15 is 0 Å². The molecule has 0 N–H and O–H groups in total. The standard InChI is InChI=1S/C11H13ClF2N4O/c12-9-6-15-8(5-16-9)11(19)18-3-1-17(2-4-18)7-10(13)14/h5-6,10H,1-4,7H2. The normalized spacial score (nSPS) is 16.9. The zero-order valence-corrected chi connectivity index (χ0v) is 10.9. The lowest BCUT2D eigenvalue weighted by Crippen LogP contribution is -2.49. The maximum atomic E-state index is 12.2. The van der Waals surface area contributed by atoms with Crippen molar-refractivity contribution in [1.29, 1.82) is 0 Å². The molecular weight excluding hydrogens is 278 g/mol. The summed E-state index contributed by atoms with van der Waals surface area (Å²) in [5, 5.41) is 0.221. The molecule has 8 heteroatoms. The van der Waals surface area contributed by atoms with Gasteiger partial charge in [-0.2, -0.15) is 0 Å². The molecule has 5 nitrogen and oxygen atoms in total. The Labute approximate surface area is 114 Å². The van der Waals surface area contributed by atoms with Gasteiger partial charge >= 0.3 is 0 Å². The first kappa shape index (κ1) is 14.1. The van der Waals surface area contributed by atoms with Gasteiger partial charge in [-0.25, -0.2) is 18.7 Å². The van der Waals surface area contributed by atoms with E-state index in [2.05, 4.69) is 9.97 Å². The SMILES string of the molecule is O=C(c1cnc(Cl)cn1)N1CCN(CC(F)F)CC1. The third-order valence-electron chi connectivity index (χ3n) is 2.90. The van der Waals surface area contributed by atoms with Crippen LogP contribution in [0.2, 0.25) is 5.15 Å². The van der Waals surface area contributed by atoms with Crippen LogP contribution < -0.4 is 0 Å². The predicted molar refractivity (Wildman–Crippen MR) is 65.4 cm³/mol. The highest BCUT2D eigenvalue weighted by atomic mass is 35.5. The average Bonchev–Trinajstić information content (AvgIpc) is 2.39. The Morgan fingerprint density at radius 3 is 2.47 bits per heavy atom. The molecule has 1 saturated heterocycles. The molecule has 1 fully saturated rings. The third kappa shape index (κ3) is 3.81. The summed E-state index contributed by atoms with van der Waals surface area (Å²) in [7, 11) is 0. The monoisotopic (exact) mass is 290 g/mol. The van der Waals surface area contributed by atoms with Crippen LogP contribution in [0.4, 0.5) is 8.78 Å². The van der Waals surface area contributed by atoms with Gasteiger partial charge in [0, 0.05) is 26.2 Å². The van der Waals surface area contributed by atoms with Gasteiger partial charge in [-0.3, -0.25) is 9.69 Å². The Morgan fingerprint density at radius 2 is 1.95 bits per heavy atom. The lowest BCUT2D eigenvalue weighted by Gasteiger charge is -2.34. The quantitative estimate of drug-likeness (QED) is 0.838. The Balaban J connectivity index is 1.90. The number of nitrogens with zero attached hydrogens (tertiary/aromatic N) is 4. The summed E-state index contributed by atoms with van der Waals surface area (Å²) >= 11 is 5.59. The second kappa shape index (κ2) is 6.21. The van der Waals surface area contributed by atoms with Crippen LogP contribution in [0.3, 0.4) is 0 Å². The highest BCUT2D eigenvalue weighted by molar-refractivity contribution is 6.29. The van der Waals surface area contributed by atoms with Crippen molar-refractivity contribution >= 4 is 17.5 Å². The molecule has 0 unspecified atom stereocenters. The van der Waals surface area contributed by atoms with E-state index in [1.54, 1.807) is 9.80 Å². The zero-order chi connectivity index (χ0) is 13.8. The van der Waals surface area contributed by atoms with E-state index in [1.807, 2.05) is 0 Å². The minimum atomic E-state index is -2.34. The highest BCUT2D eigenvalue weighted by Gasteiger charge is 2.24. The van der Waals surface area contributed by atoms with Gasteiger partial charge in [0.25, 0.3) is 12.3 Å². The van der Waals surface area contributed by atoms with Crippen molar-refractivity contribution in [3.63, 3.8) is 0 Å². The van der Waals surface area contributed by atoms with Gasteiger partial charge in [0.1, 0.15) is 10.8 Å². The first-order valence-corrected chi connectivity index (χ1v) is 6.21. The van der Waals surface area contributed by atoms with Crippen LogP contribution in [0.5, 0.6) is 0 Å². The number of carbonyl (C=O) groups excluding carboxylic acids is 1. The molecule has 0 spiro atoms. The van der Waals surface area contributed by atoms with E-state index in [0.717, 1.165) is 0 Å². The molecule has 0 radical (unpaired) electrons. The summed E-state index contributed by atoms with van der Waals surface area (Å²) in [4.78, 5) is 23.0. The molecule has 0 aromatic carbocycles. The number of hydrogen-bond acceptors (Lipinski definition) is 4. The Kier molecular flexibility index (Phi) is 4.60. The van der Waals surface area contributed by atoms with Gasteiger partial charge in [0.15, 0.2) is 0 Å². The Morgan fingerprint density at radius 1 is 1.26 bits per heavy atom. The van der Waals surface area contributed by atoms with E-state index in [0.29, 0.717) is 26.2 Å². The lowest BCUT2D eigenvalue weighted by atomic mass is 10.3. The number of alkyl halides is 2. The molecule has 0 saturated carbocycles. The zero-order valence-electron chi connectivity index (χ0n) is 10.1. The van der Waals surface area contributed by atoms with Crippen LogP contribution in [0.15, 0.2) is 12.4 Å². The van der Waals surface area contributed by atoms with Crippen LogP contribution in [0.25, 0.3) is 0 Å². The molecule has 1 amide bonds. The molecule has 2 heterocycles. The van der Waals surface area contributed by atoms with Gasteiger partial charge in [-0.1, -0.05) is 11.6 Å². The molecule has 1 aromatic heterocycles. The summed E-state index contributed by atoms with van der Waals surface area (Å²) < 4.78 is 24.4.